The van der Waals surface area contributed by atoms with Crippen molar-refractivity contribution in [1.29, 1.82) is 0 Å². The van der Waals surface area contributed by atoms with E-state index in [-0.39, 0.29) is 0 Å². The summed E-state index contributed by atoms with van der Waals surface area (Å²) < 4.78 is 0. The van der Waals surface area contributed by atoms with Gasteiger partial charge in [-0.15, -0.1) is 11.6 Å². The Morgan fingerprint density at radius 2 is 2.29 bits per heavy atom. The Morgan fingerprint density at radius 1 is 1.50 bits per heavy atom. The number of aryl methyl sites for hydroxylation is 1. The minimum absolute atomic E-state index is 0.406. The van der Waals surface area contributed by atoms with Crippen LogP contribution in [0, 0.1) is 6.92 Å². The van der Waals surface area contributed by atoms with Gasteiger partial charge < -0.3 is 5.32 Å². The molecule has 1 unspecified atom stereocenters. The van der Waals surface area contributed by atoms with E-state index in [1.807, 2.05) is 13.0 Å². The molecule has 1 aromatic heterocycles. The molecule has 0 aromatic carbocycles. The predicted molar refractivity (Wildman–Crippen MR) is 59.8 cm³/mol. The van der Waals surface area contributed by atoms with Crippen LogP contribution in [0.4, 0.5) is 5.82 Å². The number of anilines is 1. The second kappa shape index (κ2) is 5.81. The molecule has 0 spiro atoms. The lowest BCUT2D eigenvalue weighted by atomic mass is 10.2. The zero-order chi connectivity index (χ0) is 10.4. The first-order chi connectivity index (χ1) is 6.72. The van der Waals surface area contributed by atoms with Gasteiger partial charge in [0.25, 0.3) is 0 Å². The van der Waals surface area contributed by atoms with Gasteiger partial charge in [0, 0.05) is 23.7 Å². The van der Waals surface area contributed by atoms with E-state index < -0.39 is 0 Å². The highest BCUT2D eigenvalue weighted by molar-refractivity contribution is 6.17. The third-order valence-electron chi connectivity index (χ3n) is 1.97. The van der Waals surface area contributed by atoms with Crippen LogP contribution in [0.3, 0.4) is 0 Å². The standard InChI is InChI=1S/C10H16ClN3/c1-8(4-3-5-11)14-10-6-9(2)12-7-13-10/h6-8H,3-5H2,1-2H3,(H,12,13,14). The van der Waals surface area contributed by atoms with Crippen molar-refractivity contribution in [3.63, 3.8) is 0 Å². The Labute approximate surface area is 89.9 Å². The molecule has 0 bridgehead atoms. The van der Waals surface area contributed by atoms with Crippen LogP contribution < -0.4 is 5.32 Å². The topological polar surface area (TPSA) is 37.8 Å². The van der Waals surface area contributed by atoms with Crippen molar-refractivity contribution in [2.75, 3.05) is 11.2 Å². The van der Waals surface area contributed by atoms with Gasteiger partial charge in [-0.1, -0.05) is 0 Å². The lowest BCUT2D eigenvalue weighted by Gasteiger charge is -2.13. The zero-order valence-corrected chi connectivity index (χ0v) is 9.38. The third-order valence-corrected chi connectivity index (χ3v) is 2.24. The van der Waals surface area contributed by atoms with E-state index in [1.54, 1.807) is 6.33 Å². The van der Waals surface area contributed by atoms with Crippen molar-refractivity contribution in [3.05, 3.63) is 18.1 Å². The summed E-state index contributed by atoms with van der Waals surface area (Å²) in [4.78, 5) is 8.17. The first-order valence-electron chi connectivity index (χ1n) is 4.83. The van der Waals surface area contributed by atoms with Gasteiger partial charge in [-0.05, 0) is 26.7 Å². The summed E-state index contributed by atoms with van der Waals surface area (Å²) in [6, 6.07) is 2.35. The maximum Gasteiger partial charge on any atom is 0.129 e. The second-order valence-corrected chi connectivity index (χ2v) is 3.80. The van der Waals surface area contributed by atoms with Crippen LogP contribution in [0.1, 0.15) is 25.5 Å². The van der Waals surface area contributed by atoms with E-state index in [0.29, 0.717) is 6.04 Å². The molecule has 0 saturated heterocycles. The summed E-state index contributed by atoms with van der Waals surface area (Å²) in [6.07, 6.45) is 3.66. The second-order valence-electron chi connectivity index (χ2n) is 3.42. The van der Waals surface area contributed by atoms with E-state index in [0.717, 1.165) is 30.2 Å². The number of nitrogens with one attached hydrogen (secondary N) is 1. The van der Waals surface area contributed by atoms with Gasteiger partial charge in [-0.2, -0.15) is 0 Å². The quantitative estimate of drug-likeness (QED) is 0.765. The largest absolute Gasteiger partial charge is 0.368 e. The fourth-order valence-corrected chi connectivity index (χ4v) is 1.40. The fraction of sp³-hybridized carbons (Fsp3) is 0.600. The van der Waals surface area contributed by atoms with Gasteiger partial charge in [-0.25, -0.2) is 9.97 Å². The van der Waals surface area contributed by atoms with Crippen molar-refractivity contribution in [2.45, 2.75) is 32.7 Å². The summed E-state index contributed by atoms with van der Waals surface area (Å²) >= 11 is 5.62. The van der Waals surface area contributed by atoms with Crippen molar-refractivity contribution in [3.8, 4) is 0 Å². The number of alkyl halides is 1. The van der Waals surface area contributed by atoms with E-state index in [2.05, 4.69) is 22.2 Å². The minimum atomic E-state index is 0.406. The molecule has 4 heteroatoms. The lowest BCUT2D eigenvalue weighted by Crippen LogP contribution is -2.16. The highest BCUT2D eigenvalue weighted by Gasteiger charge is 2.02. The first kappa shape index (κ1) is 11.2. The normalized spacial score (nSPS) is 12.5. The van der Waals surface area contributed by atoms with Crippen LogP contribution in [0.25, 0.3) is 0 Å². The highest BCUT2D eigenvalue weighted by Crippen LogP contribution is 2.08. The number of aromatic nitrogens is 2. The molecule has 1 aromatic rings. The van der Waals surface area contributed by atoms with E-state index in [1.165, 1.54) is 0 Å². The average molecular weight is 214 g/mol. The van der Waals surface area contributed by atoms with Crippen molar-refractivity contribution < 1.29 is 0 Å². The van der Waals surface area contributed by atoms with E-state index in [9.17, 15) is 0 Å². The van der Waals surface area contributed by atoms with Crippen molar-refractivity contribution in [1.82, 2.24) is 9.97 Å². The molecule has 14 heavy (non-hydrogen) atoms. The summed E-state index contributed by atoms with van der Waals surface area (Å²) in [5, 5.41) is 3.31. The molecule has 0 aliphatic carbocycles. The number of rotatable bonds is 5. The summed E-state index contributed by atoms with van der Waals surface area (Å²) in [7, 11) is 0. The van der Waals surface area contributed by atoms with Crippen LogP contribution in [0.5, 0.6) is 0 Å². The van der Waals surface area contributed by atoms with Gasteiger partial charge in [0.05, 0.1) is 0 Å². The monoisotopic (exact) mass is 213 g/mol. The fourth-order valence-electron chi connectivity index (χ4n) is 1.24. The molecule has 0 aliphatic heterocycles. The third kappa shape index (κ3) is 3.92. The van der Waals surface area contributed by atoms with Crippen molar-refractivity contribution in [2.24, 2.45) is 0 Å². The molecule has 78 valence electrons. The van der Waals surface area contributed by atoms with Crippen LogP contribution in [0.2, 0.25) is 0 Å². The Hall–Kier alpha value is -0.830. The van der Waals surface area contributed by atoms with Gasteiger partial charge in [-0.3, -0.25) is 0 Å². The lowest BCUT2D eigenvalue weighted by molar-refractivity contribution is 0.690. The van der Waals surface area contributed by atoms with Gasteiger partial charge in [0.1, 0.15) is 12.1 Å². The number of nitrogens with zero attached hydrogens (tertiary/aromatic N) is 2. The maximum absolute atomic E-state index is 5.62. The molecule has 0 amide bonds. The molecule has 0 aliphatic rings. The SMILES string of the molecule is Cc1cc(NC(C)CCCCl)ncn1. The molecule has 1 heterocycles. The molecule has 1 atom stereocenters. The molecular formula is C10H16ClN3. The summed E-state index contributed by atoms with van der Waals surface area (Å²) in [6.45, 7) is 4.08. The Balaban J connectivity index is 2.43. The van der Waals surface area contributed by atoms with Gasteiger partial charge in [0.2, 0.25) is 0 Å². The van der Waals surface area contributed by atoms with Crippen molar-refractivity contribution >= 4 is 17.4 Å². The van der Waals surface area contributed by atoms with Crippen LogP contribution in [-0.4, -0.2) is 21.9 Å². The first-order valence-corrected chi connectivity index (χ1v) is 5.37. The summed E-state index contributed by atoms with van der Waals surface area (Å²) in [5.74, 6) is 1.61. The molecule has 1 rings (SSSR count). The smallest absolute Gasteiger partial charge is 0.129 e. The van der Waals surface area contributed by atoms with E-state index in [4.69, 9.17) is 11.6 Å². The Bertz CT molecular complexity index is 278. The number of hydrogen-bond donors (Lipinski definition) is 1. The van der Waals surface area contributed by atoms with E-state index >= 15 is 0 Å². The van der Waals surface area contributed by atoms with Gasteiger partial charge >= 0.3 is 0 Å². The Morgan fingerprint density at radius 3 is 2.93 bits per heavy atom. The number of hydrogen-bond acceptors (Lipinski definition) is 3. The number of halogens is 1. The molecule has 1 N–H and O–H groups in total. The predicted octanol–water partition coefficient (Wildman–Crippen LogP) is 2.60. The molecule has 0 radical (unpaired) electrons. The summed E-state index contributed by atoms with van der Waals surface area (Å²) in [5.41, 5.74) is 0.979. The molecule has 0 fully saturated rings. The Kier molecular flexibility index (Phi) is 4.66. The highest BCUT2D eigenvalue weighted by atomic mass is 35.5. The zero-order valence-electron chi connectivity index (χ0n) is 8.63. The van der Waals surface area contributed by atoms with Crippen LogP contribution in [0.15, 0.2) is 12.4 Å². The average Bonchev–Trinajstić information content (AvgIpc) is 2.15. The van der Waals surface area contributed by atoms with Gasteiger partial charge in [0.15, 0.2) is 0 Å². The molecule has 3 nitrogen and oxygen atoms in total. The maximum atomic E-state index is 5.62. The van der Waals surface area contributed by atoms with Crippen LogP contribution in [-0.2, 0) is 0 Å². The van der Waals surface area contributed by atoms with Crippen LogP contribution >= 0.6 is 11.6 Å². The molecule has 0 saturated carbocycles. The minimum Gasteiger partial charge on any atom is -0.368 e. The molecular weight excluding hydrogens is 198 g/mol.